The van der Waals surface area contributed by atoms with Crippen LogP contribution in [-0.4, -0.2) is 59.5 Å². The lowest BCUT2D eigenvalue weighted by Crippen LogP contribution is -2.50. The number of carbonyl (C=O) groups excluding carboxylic acids is 1. The highest BCUT2D eigenvalue weighted by molar-refractivity contribution is 5.81. The Bertz CT molecular complexity index is 387. The molecule has 2 atom stereocenters. The van der Waals surface area contributed by atoms with Crippen molar-refractivity contribution in [3.63, 3.8) is 0 Å². The van der Waals surface area contributed by atoms with E-state index in [4.69, 9.17) is 5.11 Å². The molecule has 112 valence electrons. The summed E-state index contributed by atoms with van der Waals surface area (Å²) >= 11 is 0. The van der Waals surface area contributed by atoms with E-state index in [1.54, 1.807) is 0 Å². The third-order valence-electron chi connectivity index (χ3n) is 5.03. The van der Waals surface area contributed by atoms with Crippen LogP contribution in [0.3, 0.4) is 0 Å². The lowest BCUT2D eigenvalue weighted by Gasteiger charge is -2.36. The predicted molar refractivity (Wildman–Crippen MR) is 74.2 cm³/mol. The van der Waals surface area contributed by atoms with E-state index in [9.17, 15) is 9.59 Å². The highest BCUT2D eigenvalue weighted by Gasteiger charge is 2.36. The molecule has 1 amide bonds. The van der Waals surface area contributed by atoms with Crippen molar-refractivity contribution < 1.29 is 14.7 Å². The van der Waals surface area contributed by atoms with Crippen molar-refractivity contribution in [1.29, 1.82) is 0 Å². The summed E-state index contributed by atoms with van der Waals surface area (Å²) in [6.07, 6.45) is 4.69. The first-order valence-electron chi connectivity index (χ1n) is 7.87. The highest BCUT2D eigenvalue weighted by atomic mass is 16.4. The van der Waals surface area contributed by atoms with Crippen molar-refractivity contribution in [3.05, 3.63) is 0 Å². The minimum absolute atomic E-state index is 0.0499. The molecule has 0 aromatic heterocycles. The normalized spacial score (nSPS) is 31.5. The van der Waals surface area contributed by atoms with Gasteiger partial charge in [-0.15, -0.1) is 0 Å². The van der Waals surface area contributed by atoms with Gasteiger partial charge in [-0.25, -0.2) is 0 Å². The third-order valence-corrected chi connectivity index (χ3v) is 5.03. The zero-order valence-electron chi connectivity index (χ0n) is 12.0. The van der Waals surface area contributed by atoms with E-state index >= 15 is 0 Å². The van der Waals surface area contributed by atoms with Crippen molar-refractivity contribution >= 4 is 11.9 Å². The van der Waals surface area contributed by atoms with Gasteiger partial charge in [0.1, 0.15) is 0 Å². The van der Waals surface area contributed by atoms with E-state index in [2.05, 4.69) is 4.90 Å². The minimum Gasteiger partial charge on any atom is -0.481 e. The second-order valence-electron chi connectivity index (χ2n) is 6.61. The molecule has 1 heterocycles. The summed E-state index contributed by atoms with van der Waals surface area (Å²) < 4.78 is 0. The highest BCUT2D eigenvalue weighted by Crippen LogP contribution is 2.33. The average molecular weight is 280 g/mol. The second kappa shape index (κ2) is 5.72. The van der Waals surface area contributed by atoms with E-state index in [1.165, 1.54) is 19.4 Å². The van der Waals surface area contributed by atoms with Gasteiger partial charge >= 0.3 is 5.97 Å². The summed E-state index contributed by atoms with van der Waals surface area (Å²) in [6, 6.07) is 0. The molecule has 1 aliphatic heterocycles. The van der Waals surface area contributed by atoms with E-state index in [-0.39, 0.29) is 17.7 Å². The number of aliphatic carboxylic acids is 1. The molecule has 0 spiro atoms. The molecule has 3 aliphatic rings. The SMILES string of the molecule is O=C(O)C1CCC(C(=O)N2CCN(CC3CC3)CC2)C1. The van der Waals surface area contributed by atoms with E-state index in [1.807, 2.05) is 4.90 Å². The summed E-state index contributed by atoms with van der Waals surface area (Å²) in [5.41, 5.74) is 0. The molecule has 0 aromatic carbocycles. The maximum absolute atomic E-state index is 12.4. The van der Waals surface area contributed by atoms with Gasteiger partial charge in [-0.2, -0.15) is 0 Å². The van der Waals surface area contributed by atoms with E-state index < -0.39 is 5.97 Å². The van der Waals surface area contributed by atoms with Gasteiger partial charge in [0.25, 0.3) is 0 Å². The van der Waals surface area contributed by atoms with E-state index in [0.29, 0.717) is 12.8 Å². The Balaban J connectivity index is 1.45. The van der Waals surface area contributed by atoms with Gasteiger partial charge < -0.3 is 10.0 Å². The van der Waals surface area contributed by atoms with Crippen LogP contribution in [0.25, 0.3) is 0 Å². The Morgan fingerprint density at radius 1 is 0.950 bits per heavy atom. The number of nitrogens with zero attached hydrogens (tertiary/aromatic N) is 2. The molecule has 0 bridgehead atoms. The van der Waals surface area contributed by atoms with Gasteiger partial charge in [-0.1, -0.05) is 0 Å². The zero-order valence-corrected chi connectivity index (χ0v) is 12.0. The maximum atomic E-state index is 12.4. The minimum atomic E-state index is -0.741. The largest absolute Gasteiger partial charge is 0.481 e. The van der Waals surface area contributed by atoms with Crippen LogP contribution in [0.5, 0.6) is 0 Å². The number of carboxylic acid groups (broad SMARTS) is 1. The summed E-state index contributed by atoms with van der Waals surface area (Å²) in [7, 11) is 0. The lowest BCUT2D eigenvalue weighted by atomic mass is 10.0. The van der Waals surface area contributed by atoms with Crippen LogP contribution in [0.1, 0.15) is 32.1 Å². The van der Waals surface area contributed by atoms with Crippen LogP contribution in [0.15, 0.2) is 0 Å². The maximum Gasteiger partial charge on any atom is 0.306 e. The number of hydrogen-bond donors (Lipinski definition) is 1. The van der Waals surface area contributed by atoms with Gasteiger partial charge in [-0.05, 0) is 38.0 Å². The molecular weight excluding hydrogens is 256 g/mol. The topological polar surface area (TPSA) is 60.9 Å². The van der Waals surface area contributed by atoms with Gasteiger partial charge in [-0.3, -0.25) is 14.5 Å². The van der Waals surface area contributed by atoms with Crippen LogP contribution < -0.4 is 0 Å². The molecule has 3 rings (SSSR count). The Labute approximate surface area is 119 Å². The Kier molecular flexibility index (Phi) is 3.96. The first-order valence-corrected chi connectivity index (χ1v) is 7.87. The van der Waals surface area contributed by atoms with Crippen molar-refractivity contribution in [2.24, 2.45) is 17.8 Å². The molecule has 5 heteroatoms. The number of piperazine rings is 1. The average Bonchev–Trinajstić information content (AvgIpc) is 3.11. The second-order valence-corrected chi connectivity index (χ2v) is 6.61. The Morgan fingerprint density at radius 3 is 2.15 bits per heavy atom. The van der Waals surface area contributed by atoms with Crippen LogP contribution >= 0.6 is 0 Å². The van der Waals surface area contributed by atoms with Gasteiger partial charge in [0, 0.05) is 38.6 Å². The molecule has 20 heavy (non-hydrogen) atoms. The van der Waals surface area contributed by atoms with E-state index in [0.717, 1.165) is 38.5 Å². The molecular formula is C15H24N2O3. The molecule has 1 saturated heterocycles. The molecule has 2 unspecified atom stereocenters. The standard InChI is InChI=1S/C15H24N2O3/c18-14(12-3-4-13(9-12)15(19)20)17-7-5-16(6-8-17)10-11-1-2-11/h11-13H,1-10H2,(H,19,20). The monoisotopic (exact) mass is 280 g/mol. The van der Waals surface area contributed by atoms with Crippen LogP contribution in [0.4, 0.5) is 0 Å². The van der Waals surface area contributed by atoms with Crippen LogP contribution in [0.2, 0.25) is 0 Å². The van der Waals surface area contributed by atoms with Gasteiger partial charge in [0.2, 0.25) is 5.91 Å². The molecule has 1 N–H and O–H groups in total. The molecule has 0 aromatic rings. The van der Waals surface area contributed by atoms with Crippen molar-refractivity contribution in [2.45, 2.75) is 32.1 Å². The number of hydrogen-bond acceptors (Lipinski definition) is 3. The zero-order chi connectivity index (χ0) is 14.1. The number of amides is 1. The molecule has 2 aliphatic carbocycles. The number of rotatable bonds is 4. The molecule has 3 fully saturated rings. The number of carboxylic acids is 1. The van der Waals surface area contributed by atoms with Crippen molar-refractivity contribution in [2.75, 3.05) is 32.7 Å². The van der Waals surface area contributed by atoms with Crippen molar-refractivity contribution in [1.82, 2.24) is 9.80 Å². The van der Waals surface area contributed by atoms with Gasteiger partial charge in [0.15, 0.2) is 0 Å². The number of carbonyl (C=O) groups is 2. The molecule has 5 nitrogen and oxygen atoms in total. The first-order chi connectivity index (χ1) is 9.63. The predicted octanol–water partition coefficient (Wildman–Crippen LogP) is 1.04. The van der Waals surface area contributed by atoms with Crippen molar-refractivity contribution in [3.8, 4) is 0 Å². The first kappa shape index (κ1) is 13.9. The third kappa shape index (κ3) is 3.14. The molecule has 0 radical (unpaired) electrons. The summed E-state index contributed by atoms with van der Waals surface area (Å²) in [4.78, 5) is 27.8. The summed E-state index contributed by atoms with van der Waals surface area (Å²) in [6.45, 7) is 4.81. The quantitative estimate of drug-likeness (QED) is 0.836. The fourth-order valence-corrected chi connectivity index (χ4v) is 3.50. The summed E-state index contributed by atoms with van der Waals surface area (Å²) in [5, 5.41) is 9.02. The Morgan fingerprint density at radius 2 is 1.60 bits per heavy atom. The summed E-state index contributed by atoms with van der Waals surface area (Å²) in [5.74, 6) is 0.00368. The fraction of sp³-hybridized carbons (Fsp3) is 0.867. The smallest absolute Gasteiger partial charge is 0.306 e. The van der Waals surface area contributed by atoms with Gasteiger partial charge in [0.05, 0.1) is 5.92 Å². The van der Waals surface area contributed by atoms with Crippen LogP contribution in [0, 0.1) is 17.8 Å². The molecule has 2 saturated carbocycles. The van der Waals surface area contributed by atoms with Crippen LogP contribution in [-0.2, 0) is 9.59 Å². The Hall–Kier alpha value is -1.10. The fourth-order valence-electron chi connectivity index (χ4n) is 3.50. The lowest BCUT2D eigenvalue weighted by molar-refractivity contribution is -0.142.